The van der Waals surface area contributed by atoms with Crippen molar-refractivity contribution in [3.63, 3.8) is 0 Å². The predicted molar refractivity (Wildman–Crippen MR) is 64.8 cm³/mol. The standard InChI is InChI=1S/C15H12F2N/c16-10-4-5-14-12(6-10)13(17)7-15-11-3-1-2-9(11)8-18(14)15/h4-7H,1-3,8H2/q+1. The van der Waals surface area contributed by atoms with E-state index in [4.69, 9.17) is 0 Å². The SMILES string of the molecule is Fc1ccc2c(c1)c(F)cc1[n+]2CC2=C1CCC2. The van der Waals surface area contributed by atoms with E-state index >= 15 is 0 Å². The molecular weight excluding hydrogens is 232 g/mol. The molecule has 90 valence electrons. The summed E-state index contributed by atoms with van der Waals surface area (Å²) in [5, 5.41) is 0.375. The fraction of sp³-hybridized carbons (Fsp3) is 0.267. The number of aromatic nitrogens is 1. The maximum atomic E-state index is 14.1. The van der Waals surface area contributed by atoms with E-state index in [0.717, 1.165) is 30.6 Å². The third-order valence-electron chi connectivity index (χ3n) is 4.05. The Balaban J connectivity index is 2.06. The maximum Gasteiger partial charge on any atom is 0.216 e. The first-order chi connectivity index (χ1) is 8.74. The van der Waals surface area contributed by atoms with E-state index in [0.29, 0.717) is 5.39 Å². The minimum atomic E-state index is -0.388. The van der Waals surface area contributed by atoms with Crippen LogP contribution in [0.15, 0.2) is 29.8 Å². The molecule has 0 atom stereocenters. The molecule has 0 saturated carbocycles. The number of pyridine rings is 1. The zero-order chi connectivity index (χ0) is 12.3. The van der Waals surface area contributed by atoms with Gasteiger partial charge in [-0.1, -0.05) is 0 Å². The first kappa shape index (κ1) is 10.2. The molecule has 4 rings (SSSR count). The molecule has 0 amide bonds. The van der Waals surface area contributed by atoms with Gasteiger partial charge in [0.2, 0.25) is 11.2 Å². The molecule has 2 heterocycles. The van der Waals surface area contributed by atoms with Gasteiger partial charge < -0.3 is 0 Å². The Morgan fingerprint density at radius 3 is 2.83 bits per heavy atom. The van der Waals surface area contributed by atoms with Crippen molar-refractivity contribution in [3.05, 3.63) is 47.2 Å². The molecule has 1 aromatic carbocycles. The Morgan fingerprint density at radius 1 is 1.06 bits per heavy atom. The predicted octanol–water partition coefficient (Wildman–Crippen LogP) is 3.36. The Hall–Kier alpha value is -1.77. The molecule has 1 aliphatic carbocycles. The van der Waals surface area contributed by atoms with E-state index < -0.39 is 0 Å². The summed E-state index contributed by atoms with van der Waals surface area (Å²) in [7, 11) is 0. The van der Waals surface area contributed by atoms with E-state index in [1.807, 2.05) is 0 Å². The van der Waals surface area contributed by atoms with Crippen molar-refractivity contribution in [1.29, 1.82) is 0 Å². The lowest BCUT2D eigenvalue weighted by Crippen LogP contribution is -2.36. The van der Waals surface area contributed by atoms with Gasteiger partial charge in [-0.25, -0.2) is 8.78 Å². The molecule has 0 bridgehead atoms. The van der Waals surface area contributed by atoms with Gasteiger partial charge in [0.15, 0.2) is 6.54 Å². The van der Waals surface area contributed by atoms with Crippen LogP contribution in [0.25, 0.3) is 16.5 Å². The van der Waals surface area contributed by atoms with Crippen LogP contribution in [0.2, 0.25) is 0 Å². The second-order valence-corrected chi connectivity index (χ2v) is 5.06. The molecule has 0 N–H and O–H groups in total. The number of allylic oxidation sites excluding steroid dienone is 2. The van der Waals surface area contributed by atoms with Crippen molar-refractivity contribution in [2.45, 2.75) is 25.8 Å². The van der Waals surface area contributed by atoms with Crippen LogP contribution in [0.5, 0.6) is 0 Å². The fourth-order valence-electron chi connectivity index (χ4n) is 3.24. The Morgan fingerprint density at radius 2 is 1.94 bits per heavy atom. The molecule has 1 aromatic heterocycles. The van der Waals surface area contributed by atoms with Gasteiger partial charge in [0, 0.05) is 23.3 Å². The van der Waals surface area contributed by atoms with E-state index in [2.05, 4.69) is 4.57 Å². The Labute approximate surface area is 103 Å². The van der Waals surface area contributed by atoms with Gasteiger partial charge in [0.1, 0.15) is 11.6 Å². The summed E-state index contributed by atoms with van der Waals surface area (Å²) < 4.78 is 29.4. The largest absolute Gasteiger partial charge is 0.216 e. The van der Waals surface area contributed by atoms with E-state index in [1.165, 1.54) is 29.7 Å². The third-order valence-corrected chi connectivity index (χ3v) is 4.05. The fourth-order valence-corrected chi connectivity index (χ4v) is 3.24. The highest BCUT2D eigenvalue weighted by Gasteiger charge is 2.34. The van der Waals surface area contributed by atoms with Crippen molar-refractivity contribution in [1.82, 2.24) is 0 Å². The molecule has 1 aliphatic heterocycles. The lowest BCUT2D eigenvalue weighted by Gasteiger charge is -2.04. The summed E-state index contributed by atoms with van der Waals surface area (Å²) in [6.07, 6.45) is 3.33. The minimum absolute atomic E-state index is 0.323. The van der Waals surface area contributed by atoms with Crippen molar-refractivity contribution in [3.8, 4) is 0 Å². The number of nitrogens with zero attached hydrogens (tertiary/aromatic N) is 1. The van der Waals surface area contributed by atoms with Crippen LogP contribution in [0.1, 0.15) is 25.0 Å². The van der Waals surface area contributed by atoms with E-state index in [9.17, 15) is 8.78 Å². The van der Waals surface area contributed by atoms with Gasteiger partial charge in [-0.3, -0.25) is 0 Å². The first-order valence-corrected chi connectivity index (χ1v) is 6.27. The van der Waals surface area contributed by atoms with Crippen LogP contribution in [0.3, 0.4) is 0 Å². The van der Waals surface area contributed by atoms with Crippen LogP contribution >= 0.6 is 0 Å². The van der Waals surface area contributed by atoms with Crippen LogP contribution in [0, 0.1) is 11.6 Å². The number of benzene rings is 1. The number of rotatable bonds is 0. The summed E-state index contributed by atoms with van der Waals surface area (Å²) >= 11 is 0. The topological polar surface area (TPSA) is 3.88 Å². The summed E-state index contributed by atoms with van der Waals surface area (Å²) in [4.78, 5) is 0. The highest BCUT2D eigenvalue weighted by Crippen LogP contribution is 2.37. The maximum absolute atomic E-state index is 14.1. The summed E-state index contributed by atoms with van der Waals surface area (Å²) in [6, 6.07) is 5.93. The van der Waals surface area contributed by atoms with Gasteiger partial charge in [-0.2, -0.15) is 4.57 Å². The second kappa shape index (κ2) is 3.37. The van der Waals surface area contributed by atoms with Crippen molar-refractivity contribution in [2.75, 3.05) is 0 Å². The molecule has 2 aromatic rings. The number of hydrogen-bond acceptors (Lipinski definition) is 0. The number of halogens is 2. The molecule has 0 unspecified atom stereocenters. The van der Waals surface area contributed by atoms with Gasteiger partial charge in [-0.15, -0.1) is 0 Å². The van der Waals surface area contributed by atoms with Crippen LogP contribution in [-0.4, -0.2) is 0 Å². The average molecular weight is 244 g/mol. The number of fused-ring (bicyclic) bond motifs is 4. The smallest absolute Gasteiger partial charge is 0.207 e. The molecule has 1 nitrogen and oxygen atoms in total. The third kappa shape index (κ3) is 1.22. The van der Waals surface area contributed by atoms with Crippen molar-refractivity contribution < 1.29 is 13.3 Å². The highest BCUT2D eigenvalue weighted by molar-refractivity contribution is 5.79. The number of hydrogen-bond donors (Lipinski definition) is 0. The van der Waals surface area contributed by atoms with Gasteiger partial charge >= 0.3 is 0 Å². The zero-order valence-electron chi connectivity index (χ0n) is 9.84. The normalized spacial score (nSPS) is 17.4. The average Bonchev–Trinajstić information content (AvgIpc) is 2.91. The van der Waals surface area contributed by atoms with Crippen LogP contribution in [-0.2, 0) is 6.54 Å². The quantitative estimate of drug-likeness (QED) is 0.626. The molecule has 18 heavy (non-hydrogen) atoms. The Kier molecular flexibility index (Phi) is 1.91. The zero-order valence-corrected chi connectivity index (χ0v) is 9.84. The Bertz CT molecular complexity index is 716. The molecule has 0 spiro atoms. The summed E-state index contributed by atoms with van der Waals surface area (Å²) in [5.74, 6) is -0.711. The van der Waals surface area contributed by atoms with Crippen molar-refractivity contribution in [2.24, 2.45) is 0 Å². The molecule has 2 aliphatic rings. The lowest BCUT2D eigenvalue weighted by atomic mass is 10.1. The molecule has 0 fully saturated rings. The van der Waals surface area contributed by atoms with Crippen LogP contribution < -0.4 is 4.57 Å². The molecule has 3 heteroatoms. The van der Waals surface area contributed by atoms with Gasteiger partial charge in [0.25, 0.3) is 0 Å². The monoisotopic (exact) mass is 244 g/mol. The molecule has 0 radical (unpaired) electrons. The minimum Gasteiger partial charge on any atom is -0.207 e. The highest BCUT2D eigenvalue weighted by atomic mass is 19.1. The molecule has 0 saturated heterocycles. The van der Waals surface area contributed by atoms with Gasteiger partial charge in [-0.05, 0) is 31.4 Å². The lowest BCUT2D eigenvalue weighted by molar-refractivity contribution is -0.660. The van der Waals surface area contributed by atoms with E-state index in [1.54, 1.807) is 12.1 Å². The van der Waals surface area contributed by atoms with E-state index in [-0.39, 0.29) is 11.6 Å². The molecular formula is C15H12F2N+. The van der Waals surface area contributed by atoms with Gasteiger partial charge in [0.05, 0.1) is 5.39 Å². The summed E-state index contributed by atoms with van der Waals surface area (Å²) in [5.41, 5.74) is 4.51. The van der Waals surface area contributed by atoms with Crippen molar-refractivity contribution >= 4 is 16.5 Å². The first-order valence-electron chi connectivity index (χ1n) is 6.27. The van der Waals surface area contributed by atoms with Crippen LogP contribution in [0.4, 0.5) is 8.78 Å². The summed E-state index contributed by atoms with van der Waals surface area (Å²) in [6.45, 7) is 0.840. The second-order valence-electron chi connectivity index (χ2n) is 5.06.